The molecular weight excluding hydrogens is 248 g/mol. The summed E-state index contributed by atoms with van der Waals surface area (Å²) < 4.78 is 2.03. The van der Waals surface area contributed by atoms with Crippen LogP contribution in [0.4, 0.5) is 5.69 Å². The van der Waals surface area contributed by atoms with E-state index >= 15 is 0 Å². The number of nitrogens with zero attached hydrogens (tertiary/aromatic N) is 3. The lowest BCUT2D eigenvalue weighted by Gasteiger charge is -2.29. The zero-order chi connectivity index (χ0) is 13.8. The second-order valence-corrected chi connectivity index (χ2v) is 5.65. The molecule has 1 N–H and O–H groups in total. The van der Waals surface area contributed by atoms with Crippen LogP contribution < -0.4 is 5.32 Å². The van der Waals surface area contributed by atoms with Gasteiger partial charge in [0, 0.05) is 30.3 Å². The molecule has 106 valence electrons. The van der Waals surface area contributed by atoms with Gasteiger partial charge in [-0.25, -0.2) is 4.98 Å². The summed E-state index contributed by atoms with van der Waals surface area (Å²) in [5, 5.41) is 3.58. The predicted molar refractivity (Wildman–Crippen MR) is 82.3 cm³/mol. The SMILES string of the molecule is CN1CCC(CNc2cccc(-n3ccnc3)c2)CC1. The van der Waals surface area contributed by atoms with Crippen LogP contribution in [-0.2, 0) is 0 Å². The van der Waals surface area contributed by atoms with Crippen LogP contribution in [-0.4, -0.2) is 41.1 Å². The van der Waals surface area contributed by atoms with Gasteiger partial charge in [0.15, 0.2) is 0 Å². The number of piperidine rings is 1. The van der Waals surface area contributed by atoms with E-state index in [-0.39, 0.29) is 0 Å². The average molecular weight is 270 g/mol. The van der Waals surface area contributed by atoms with Gasteiger partial charge in [-0.15, -0.1) is 0 Å². The molecule has 1 fully saturated rings. The van der Waals surface area contributed by atoms with E-state index in [4.69, 9.17) is 0 Å². The van der Waals surface area contributed by atoms with Gasteiger partial charge >= 0.3 is 0 Å². The van der Waals surface area contributed by atoms with Crippen molar-refractivity contribution >= 4 is 5.69 Å². The van der Waals surface area contributed by atoms with E-state index in [1.165, 1.54) is 31.6 Å². The molecule has 1 aromatic carbocycles. The third kappa shape index (κ3) is 3.20. The van der Waals surface area contributed by atoms with Crippen LogP contribution in [0.25, 0.3) is 5.69 Å². The van der Waals surface area contributed by atoms with Crippen molar-refractivity contribution in [3.63, 3.8) is 0 Å². The minimum absolute atomic E-state index is 0.795. The number of imidazole rings is 1. The smallest absolute Gasteiger partial charge is 0.0991 e. The number of nitrogens with one attached hydrogen (secondary N) is 1. The van der Waals surface area contributed by atoms with E-state index in [1.807, 2.05) is 17.1 Å². The quantitative estimate of drug-likeness (QED) is 0.927. The van der Waals surface area contributed by atoms with E-state index in [0.717, 1.165) is 18.2 Å². The van der Waals surface area contributed by atoms with Crippen LogP contribution in [0.3, 0.4) is 0 Å². The summed E-state index contributed by atoms with van der Waals surface area (Å²) in [5.74, 6) is 0.795. The molecule has 0 amide bonds. The number of hydrogen-bond acceptors (Lipinski definition) is 3. The average Bonchev–Trinajstić information content (AvgIpc) is 3.01. The molecule has 1 saturated heterocycles. The summed E-state index contributed by atoms with van der Waals surface area (Å²) in [6.45, 7) is 3.52. The molecule has 20 heavy (non-hydrogen) atoms. The molecule has 4 heteroatoms. The summed E-state index contributed by atoms with van der Waals surface area (Å²) in [4.78, 5) is 6.51. The number of benzene rings is 1. The molecule has 1 aromatic heterocycles. The maximum atomic E-state index is 4.09. The fourth-order valence-corrected chi connectivity index (χ4v) is 2.72. The van der Waals surface area contributed by atoms with E-state index in [1.54, 1.807) is 6.20 Å². The van der Waals surface area contributed by atoms with Gasteiger partial charge in [0.1, 0.15) is 0 Å². The van der Waals surface area contributed by atoms with Crippen molar-refractivity contribution in [3.8, 4) is 5.69 Å². The normalized spacial score (nSPS) is 17.2. The van der Waals surface area contributed by atoms with Crippen LogP contribution in [0.2, 0.25) is 0 Å². The maximum absolute atomic E-state index is 4.09. The molecule has 0 spiro atoms. The first kappa shape index (κ1) is 13.2. The van der Waals surface area contributed by atoms with Gasteiger partial charge in [0.2, 0.25) is 0 Å². The van der Waals surface area contributed by atoms with Crippen molar-refractivity contribution in [1.82, 2.24) is 14.5 Å². The highest BCUT2D eigenvalue weighted by Gasteiger charge is 2.16. The van der Waals surface area contributed by atoms with Gasteiger partial charge in [0.25, 0.3) is 0 Å². The molecular formula is C16H22N4. The summed E-state index contributed by atoms with van der Waals surface area (Å²) in [6, 6.07) is 8.50. The van der Waals surface area contributed by atoms with Crippen molar-refractivity contribution in [3.05, 3.63) is 43.0 Å². The van der Waals surface area contributed by atoms with Crippen LogP contribution >= 0.6 is 0 Å². The van der Waals surface area contributed by atoms with Crippen LogP contribution in [0, 0.1) is 5.92 Å². The Morgan fingerprint density at radius 1 is 1.30 bits per heavy atom. The fourth-order valence-electron chi connectivity index (χ4n) is 2.72. The maximum Gasteiger partial charge on any atom is 0.0991 e. The van der Waals surface area contributed by atoms with Gasteiger partial charge in [-0.3, -0.25) is 0 Å². The predicted octanol–water partition coefficient (Wildman–Crippen LogP) is 2.63. The van der Waals surface area contributed by atoms with Crippen LogP contribution in [0.15, 0.2) is 43.0 Å². The Labute approximate surface area is 120 Å². The van der Waals surface area contributed by atoms with Crippen molar-refractivity contribution in [2.75, 3.05) is 32.0 Å². The molecule has 0 saturated carbocycles. The fraction of sp³-hybridized carbons (Fsp3) is 0.438. The Kier molecular flexibility index (Phi) is 4.02. The second-order valence-electron chi connectivity index (χ2n) is 5.65. The van der Waals surface area contributed by atoms with E-state index in [0.29, 0.717) is 0 Å². The Balaban J connectivity index is 1.59. The number of rotatable bonds is 4. The molecule has 4 nitrogen and oxygen atoms in total. The van der Waals surface area contributed by atoms with Crippen molar-refractivity contribution in [1.29, 1.82) is 0 Å². The Morgan fingerprint density at radius 3 is 2.90 bits per heavy atom. The molecule has 1 aliphatic heterocycles. The first-order valence-corrected chi connectivity index (χ1v) is 7.32. The number of hydrogen-bond donors (Lipinski definition) is 1. The second kappa shape index (κ2) is 6.09. The Hall–Kier alpha value is -1.81. The molecule has 0 radical (unpaired) electrons. The number of anilines is 1. The van der Waals surface area contributed by atoms with Crippen LogP contribution in [0.1, 0.15) is 12.8 Å². The topological polar surface area (TPSA) is 33.1 Å². The zero-order valence-corrected chi connectivity index (χ0v) is 12.0. The minimum atomic E-state index is 0.795. The highest BCUT2D eigenvalue weighted by atomic mass is 15.1. The Bertz CT molecular complexity index is 527. The van der Waals surface area contributed by atoms with E-state index < -0.39 is 0 Å². The lowest BCUT2D eigenvalue weighted by atomic mass is 9.97. The van der Waals surface area contributed by atoms with E-state index in [9.17, 15) is 0 Å². The van der Waals surface area contributed by atoms with Crippen molar-refractivity contribution in [2.45, 2.75) is 12.8 Å². The zero-order valence-electron chi connectivity index (χ0n) is 12.0. The third-order valence-electron chi connectivity index (χ3n) is 4.08. The first-order chi connectivity index (χ1) is 9.81. The lowest BCUT2D eigenvalue weighted by molar-refractivity contribution is 0.226. The summed E-state index contributed by atoms with van der Waals surface area (Å²) in [6.07, 6.45) is 8.19. The van der Waals surface area contributed by atoms with Gasteiger partial charge in [-0.05, 0) is 57.1 Å². The van der Waals surface area contributed by atoms with Gasteiger partial charge in [-0.2, -0.15) is 0 Å². The molecule has 2 aromatic rings. The lowest BCUT2D eigenvalue weighted by Crippen LogP contribution is -2.32. The summed E-state index contributed by atoms with van der Waals surface area (Å²) >= 11 is 0. The standard InChI is InChI=1S/C16H22N4/c1-19-8-5-14(6-9-19)12-18-15-3-2-4-16(11-15)20-10-7-17-13-20/h2-4,7,10-11,13-14,18H,5-6,8-9,12H2,1H3. The molecule has 0 unspecified atom stereocenters. The monoisotopic (exact) mass is 270 g/mol. The van der Waals surface area contributed by atoms with Crippen molar-refractivity contribution < 1.29 is 0 Å². The largest absolute Gasteiger partial charge is 0.385 e. The Morgan fingerprint density at radius 2 is 2.15 bits per heavy atom. The number of aromatic nitrogens is 2. The summed E-state index contributed by atoms with van der Waals surface area (Å²) in [7, 11) is 2.21. The minimum Gasteiger partial charge on any atom is -0.385 e. The van der Waals surface area contributed by atoms with Crippen LogP contribution in [0.5, 0.6) is 0 Å². The first-order valence-electron chi connectivity index (χ1n) is 7.32. The van der Waals surface area contributed by atoms with Gasteiger partial charge in [0.05, 0.1) is 6.33 Å². The van der Waals surface area contributed by atoms with E-state index in [2.05, 4.69) is 46.5 Å². The molecule has 1 aliphatic rings. The summed E-state index contributed by atoms with van der Waals surface area (Å²) in [5.41, 5.74) is 2.34. The number of likely N-dealkylation sites (tertiary alicyclic amines) is 1. The highest BCUT2D eigenvalue weighted by Crippen LogP contribution is 2.19. The van der Waals surface area contributed by atoms with Gasteiger partial charge in [-0.1, -0.05) is 6.07 Å². The molecule has 3 rings (SSSR count). The molecule has 0 bridgehead atoms. The third-order valence-corrected chi connectivity index (χ3v) is 4.08. The molecule has 2 heterocycles. The molecule has 0 aliphatic carbocycles. The highest BCUT2D eigenvalue weighted by molar-refractivity contribution is 5.51. The molecule has 0 atom stereocenters. The van der Waals surface area contributed by atoms with Crippen molar-refractivity contribution in [2.24, 2.45) is 5.92 Å². The van der Waals surface area contributed by atoms with Gasteiger partial charge < -0.3 is 14.8 Å².